The molecule has 3 rings (SSSR count). The Labute approximate surface area is 154 Å². The highest BCUT2D eigenvalue weighted by molar-refractivity contribution is 5.69. The summed E-state index contributed by atoms with van der Waals surface area (Å²) in [6, 6.07) is 7.93. The summed E-state index contributed by atoms with van der Waals surface area (Å²) >= 11 is 0. The van der Waals surface area contributed by atoms with E-state index in [1.54, 1.807) is 12.0 Å². The Morgan fingerprint density at radius 1 is 1.08 bits per heavy atom. The molecule has 0 fully saturated rings. The second-order valence-electron chi connectivity index (χ2n) is 6.70. The lowest BCUT2D eigenvalue weighted by Gasteiger charge is -2.17. The second kappa shape index (κ2) is 7.72. The van der Waals surface area contributed by atoms with Crippen LogP contribution >= 0.6 is 0 Å². The number of nitrogens with zero attached hydrogens (tertiary/aromatic N) is 3. The van der Waals surface area contributed by atoms with Crippen LogP contribution in [0.4, 0.5) is 4.79 Å². The Balaban J connectivity index is 2.04. The third kappa shape index (κ3) is 3.64. The lowest BCUT2D eigenvalue weighted by molar-refractivity contribution is 0.125. The van der Waals surface area contributed by atoms with Crippen molar-refractivity contribution in [1.29, 1.82) is 0 Å². The topological polar surface area (TPSA) is 64.5 Å². The lowest BCUT2D eigenvalue weighted by Crippen LogP contribution is -2.33. The van der Waals surface area contributed by atoms with Gasteiger partial charge in [-0.1, -0.05) is 13.8 Å². The van der Waals surface area contributed by atoms with Gasteiger partial charge in [0.05, 0.1) is 19.9 Å². The van der Waals surface area contributed by atoms with Gasteiger partial charge in [-0.05, 0) is 30.7 Å². The molecule has 26 heavy (non-hydrogen) atoms. The zero-order valence-corrected chi connectivity index (χ0v) is 15.8. The number of carbonyl (C=O) groups excluding carboxylic acids is 1. The van der Waals surface area contributed by atoms with Gasteiger partial charge in [0.1, 0.15) is 11.6 Å². The summed E-state index contributed by atoms with van der Waals surface area (Å²) in [6.07, 6.45) is 1.13. The van der Waals surface area contributed by atoms with Crippen molar-refractivity contribution >= 4 is 6.09 Å². The predicted octanol–water partition coefficient (Wildman–Crippen LogP) is 3.44. The molecule has 0 spiro atoms. The number of ether oxygens (including phenoxy) is 2. The fourth-order valence-electron chi connectivity index (χ4n) is 3.18. The number of fused-ring (bicyclic) bond motifs is 1. The number of carbonyl (C=O) groups is 1. The van der Waals surface area contributed by atoms with E-state index in [2.05, 4.69) is 13.8 Å². The van der Waals surface area contributed by atoms with Crippen molar-refractivity contribution in [2.75, 3.05) is 27.3 Å². The minimum Gasteiger partial charge on any atom is -0.497 e. The van der Waals surface area contributed by atoms with Crippen LogP contribution in [0.3, 0.4) is 0 Å². The Kier molecular flexibility index (Phi) is 5.40. The van der Waals surface area contributed by atoms with Crippen LogP contribution in [0.1, 0.15) is 36.8 Å². The molecule has 0 N–H and O–H groups in total. The van der Waals surface area contributed by atoms with Crippen molar-refractivity contribution in [3.05, 3.63) is 41.3 Å². The van der Waals surface area contributed by atoms with Gasteiger partial charge in [-0.2, -0.15) is 0 Å². The summed E-state index contributed by atoms with van der Waals surface area (Å²) in [4.78, 5) is 23.3. The highest BCUT2D eigenvalue weighted by atomic mass is 16.5. The number of methoxy groups -OCH3 is 2. The zero-order valence-electron chi connectivity index (χ0n) is 15.8. The molecule has 0 unspecified atom stereocenters. The number of amides is 1. The van der Waals surface area contributed by atoms with Crippen molar-refractivity contribution < 1.29 is 14.3 Å². The number of hydrogen-bond donors (Lipinski definition) is 0. The maximum Gasteiger partial charge on any atom is 0.409 e. The van der Waals surface area contributed by atoms with Crippen LogP contribution < -0.4 is 4.74 Å². The van der Waals surface area contributed by atoms with E-state index in [4.69, 9.17) is 19.4 Å². The van der Waals surface area contributed by atoms with E-state index in [1.165, 1.54) is 7.11 Å². The average Bonchev–Trinajstić information content (AvgIpc) is 2.89. The van der Waals surface area contributed by atoms with E-state index in [9.17, 15) is 4.79 Å². The summed E-state index contributed by atoms with van der Waals surface area (Å²) < 4.78 is 10.1. The number of rotatable bonds is 3. The summed E-state index contributed by atoms with van der Waals surface area (Å²) in [5.41, 5.74) is 4.14. The summed E-state index contributed by atoms with van der Waals surface area (Å²) in [7, 11) is 3.07. The third-order valence-corrected chi connectivity index (χ3v) is 4.67. The van der Waals surface area contributed by atoms with Gasteiger partial charge in [0.2, 0.25) is 0 Å². The minimum atomic E-state index is -0.291. The first-order valence-electron chi connectivity index (χ1n) is 8.90. The van der Waals surface area contributed by atoms with E-state index in [-0.39, 0.29) is 12.0 Å². The van der Waals surface area contributed by atoms with Crippen molar-refractivity contribution in [3.63, 3.8) is 0 Å². The second-order valence-corrected chi connectivity index (χ2v) is 6.70. The first-order chi connectivity index (χ1) is 12.5. The Hall–Kier alpha value is -2.63. The molecule has 0 bridgehead atoms. The van der Waals surface area contributed by atoms with Gasteiger partial charge >= 0.3 is 6.09 Å². The van der Waals surface area contributed by atoms with Crippen LogP contribution in [-0.4, -0.2) is 48.3 Å². The highest BCUT2D eigenvalue weighted by Gasteiger charge is 2.24. The van der Waals surface area contributed by atoms with Crippen LogP contribution in [0.25, 0.3) is 11.3 Å². The van der Waals surface area contributed by atoms with Gasteiger partial charge in [0.25, 0.3) is 0 Å². The molecule has 1 aromatic heterocycles. The molecule has 1 aliphatic heterocycles. The van der Waals surface area contributed by atoms with E-state index in [0.29, 0.717) is 25.9 Å². The van der Waals surface area contributed by atoms with Crippen LogP contribution in [0.5, 0.6) is 5.75 Å². The van der Waals surface area contributed by atoms with Crippen LogP contribution in [0.15, 0.2) is 24.3 Å². The van der Waals surface area contributed by atoms with Gasteiger partial charge in [0.15, 0.2) is 0 Å². The van der Waals surface area contributed by atoms with Gasteiger partial charge in [0, 0.05) is 42.2 Å². The molecule has 1 aromatic carbocycles. The number of benzene rings is 1. The maximum atomic E-state index is 11.9. The molecule has 1 amide bonds. The summed E-state index contributed by atoms with van der Waals surface area (Å²) in [5, 5.41) is 0. The van der Waals surface area contributed by atoms with Gasteiger partial charge in [-0.25, -0.2) is 14.8 Å². The largest absolute Gasteiger partial charge is 0.497 e. The van der Waals surface area contributed by atoms with Crippen LogP contribution in [-0.2, 0) is 17.6 Å². The lowest BCUT2D eigenvalue weighted by atomic mass is 10.00. The molecular formula is C20H25N3O3. The first-order valence-corrected chi connectivity index (χ1v) is 8.90. The molecule has 0 aliphatic carbocycles. The standard InChI is InChI=1S/C20H25N3O3/c1-13(2)19-21-17-10-12-23(20(24)26-4)11-9-16(17)18(22-19)14-5-7-15(25-3)8-6-14/h5-8,13H,9-12H2,1-4H3. The van der Waals surface area contributed by atoms with E-state index in [1.807, 2.05) is 24.3 Å². The molecule has 1 aliphatic rings. The number of aromatic nitrogens is 2. The predicted molar refractivity (Wildman–Crippen MR) is 99.5 cm³/mol. The molecule has 0 radical (unpaired) electrons. The van der Waals surface area contributed by atoms with E-state index < -0.39 is 0 Å². The Morgan fingerprint density at radius 2 is 1.77 bits per heavy atom. The van der Waals surface area contributed by atoms with Gasteiger partial charge < -0.3 is 14.4 Å². The molecule has 0 atom stereocenters. The van der Waals surface area contributed by atoms with Crippen LogP contribution in [0.2, 0.25) is 0 Å². The summed E-state index contributed by atoms with van der Waals surface area (Å²) in [5.74, 6) is 1.88. The molecule has 0 saturated heterocycles. The SMILES string of the molecule is COC(=O)N1CCc2nc(C(C)C)nc(-c3ccc(OC)cc3)c2CC1. The molecule has 0 saturated carbocycles. The molecule has 138 valence electrons. The quantitative estimate of drug-likeness (QED) is 0.844. The van der Waals surface area contributed by atoms with Gasteiger partial charge in [-0.15, -0.1) is 0 Å². The Bertz CT molecular complexity index is 788. The van der Waals surface area contributed by atoms with Crippen molar-refractivity contribution in [2.45, 2.75) is 32.6 Å². The average molecular weight is 355 g/mol. The normalized spacial score (nSPS) is 14.0. The fourth-order valence-corrected chi connectivity index (χ4v) is 3.18. The van der Waals surface area contributed by atoms with Crippen molar-refractivity contribution in [2.24, 2.45) is 0 Å². The van der Waals surface area contributed by atoms with Crippen molar-refractivity contribution in [3.8, 4) is 17.0 Å². The maximum absolute atomic E-state index is 11.9. The molecule has 6 heteroatoms. The van der Waals surface area contributed by atoms with Crippen LogP contribution in [0, 0.1) is 0 Å². The first kappa shape index (κ1) is 18.2. The highest BCUT2D eigenvalue weighted by Crippen LogP contribution is 2.29. The van der Waals surface area contributed by atoms with E-state index in [0.717, 1.165) is 34.1 Å². The molecule has 2 heterocycles. The number of hydrogen-bond acceptors (Lipinski definition) is 5. The summed E-state index contributed by atoms with van der Waals surface area (Å²) in [6.45, 7) is 5.40. The molecule has 2 aromatic rings. The zero-order chi connectivity index (χ0) is 18.7. The van der Waals surface area contributed by atoms with Crippen molar-refractivity contribution in [1.82, 2.24) is 14.9 Å². The third-order valence-electron chi connectivity index (χ3n) is 4.67. The smallest absolute Gasteiger partial charge is 0.409 e. The van der Waals surface area contributed by atoms with Gasteiger partial charge in [-0.3, -0.25) is 0 Å². The minimum absolute atomic E-state index is 0.234. The molecular weight excluding hydrogens is 330 g/mol. The van der Waals surface area contributed by atoms with E-state index >= 15 is 0 Å². The Morgan fingerprint density at radius 3 is 2.38 bits per heavy atom. The monoisotopic (exact) mass is 355 g/mol. The molecule has 6 nitrogen and oxygen atoms in total. The fraction of sp³-hybridized carbons (Fsp3) is 0.450.